The van der Waals surface area contributed by atoms with Crippen LogP contribution in [0.2, 0.25) is 0 Å². The number of hydrogen-bond acceptors (Lipinski definition) is 8. The first-order valence-corrected chi connectivity index (χ1v) is 10.4. The third kappa shape index (κ3) is 3.99. The van der Waals surface area contributed by atoms with E-state index in [9.17, 15) is 40.0 Å². The number of halogens is 2. The van der Waals surface area contributed by atoms with Crippen LogP contribution in [-0.4, -0.2) is 26.0 Å². The average Bonchev–Trinajstić information content (AvgIpc) is 2.77. The van der Waals surface area contributed by atoms with Crippen molar-refractivity contribution in [3.63, 3.8) is 0 Å². The molecule has 1 heterocycles. The summed E-state index contributed by atoms with van der Waals surface area (Å²) in [6.45, 7) is 0. The standard InChI is InChI=1S/C20H8Br2N2O9.Na/c21-14-16(25)11(23(29)30)5-9-13(7-3-1-2-4-8(7)20(27)28)10-6-12(24(31)32)17(26)15(22)19(10)33-18(9)14;/h1-6,25H,(H,27,28);/q;+1. The molecule has 0 fully saturated rings. The number of carboxylic acids is 1. The van der Waals surface area contributed by atoms with Gasteiger partial charge in [-0.05, 0) is 43.5 Å². The van der Waals surface area contributed by atoms with E-state index in [2.05, 4.69) is 31.9 Å². The molecule has 34 heavy (non-hydrogen) atoms. The minimum Gasteiger partial charge on any atom is -0.501 e. The van der Waals surface area contributed by atoms with Crippen molar-refractivity contribution in [3.8, 4) is 28.2 Å². The molecule has 0 unspecified atom stereocenters. The Morgan fingerprint density at radius 3 is 2.18 bits per heavy atom. The first-order valence-electron chi connectivity index (χ1n) is 8.80. The van der Waals surface area contributed by atoms with Crippen molar-refractivity contribution in [1.82, 2.24) is 0 Å². The Labute approximate surface area is 227 Å². The third-order valence-electron chi connectivity index (χ3n) is 4.90. The molecule has 0 spiro atoms. The number of phenolic OH excluding ortho intramolecular Hbond substituents is 1. The number of aromatic hydroxyl groups is 1. The molecule has 0 aromatic heterocycles. The molecule has 4 rings (SSSR count). The van der Waals surface area contributed by atoms with Crippen LogP contribution in [-0.2, 0) is 0 Å². The number of nitro groups is 2. The maximum atomic E-state index is 12.5. The largest absolute Gasteiger partial charge is 1.00 e. The molecule has 1 aliphatic heterocycles. The number of nitro benzene ring substituents is 2. The Morgan fingerprint density at radius 2 is 1.59 bits per heavy atom. The molecular formula is C20H8Br2N2NaO9+. The number of carbonyl (C=O) groups is 1. The van der Waals surface area contributed by atoms with Gasteiger partial charge in [-0.3, -0.25) is 25.0 Å². The number of fused-ring (bicyclic) bond motifs is 2. The van der Waals surface area contributed by atoms with Crippen molar-refractivity contribution >= 4 is 60.2 Å². The molecule has 2 aromatic rings. The number of non-ortho nitro benzene ring substituents is 1. The fourth-order valence-corrected chi connectivity index (χ4v) is 4.48. The van der Waals surface area contributed by atoms with Gasteiger partial charge in [-0.2, -0.15) is 0 Å². The summed E-state index contributed by atoms with van der Waals surface area (Å²) in [5.74, 6) is -2.26. The van der Waals surface area contributed by atoms with Gasteiger partial charge in [0.2, 0.25) is 5.75 Å². The van der Waals surface area contributed by atoms with Crippen LogP contribution in [0.1, 0.15) is 10.4 Å². The molecule has 0 bridgehead atoms. The maximum Gasteiger partial charge on any atom is 1.00 e. The predicted octanol–water partition coefficient (Wildman–Crippen LogP) is 2.31. The SMILES string of the molecule is O=C(O)c1ccccc1-c1c2cc([N+](=O)[O-])c(=O)c(Br)c-2oc2c(Br)c(O)c([N+](=O)[O-])cc12.[Na+]. The number of nitrogens with zero attached hydrogens (tertiary/aromatic N) is 2. The van der Waals surface area contributed by atoms with Gasteiger partial charge in [0.15, 0.2) is 11.3 Å². The first-order chi connectivity index (χ1) is 15.5. The fourth-order valence-electron chi connectivity index (χ4n) is 3.48. The summed E-state index contributed by atoms with van der Waals surface area (Å²) in [4.78, 5) is 45.6. The Morgan fingerprint density at radius 1 is 0.971 bits per heavy atom. The van der Waals surface area contributed by atoms with Gasteiger partial charge >= 0.3 is 46.9 Å². The Hall–Kier alpha value is -2.84. The van der Waals surface area contributed by atoms with Crippen molar-refractivity contribution in [2.24, 2.45) is 0 Å². The molecule has 0 saturated heterocycles. The Balaban J connectivity index is 0.00000324. The number of hydrogen-bond donors (Lipinski definition) is 2. The molecule has 0 amide bonds. The van der Waals surface area contributed by atoms with E-state index in [0.29, 0.717) is 0 Å². The van der Waals surface area contributed by atoms with Crippen LogP contribution in [0.15, 0.2) is 54.6 Å². The van der Waals surface area contributed by atoms with Crippen molar-refractivity contribution in [1.29, 1.82) is 0 Å². The van der Waals surface area contributed by atoms with Gasteiger partial charge in [-0.1, -0.05) is 18.2 Å². The molecule has 0 radical (unpaired) electrons. The van der Waals surface area contributed by atoms with Crippen LogP contribution in [0.3, 0.4) is 0 Å². The van der Waals surface area contributed by atoms with Crippen LogP contribution in [0.25, 0.3) is 33.4 Å². The first kappa shape index (κ1) is 25.8. The van der Waals surface area contributed by atoms with Gasteiger partial charge < -0.3 is 14.6 Å². The molecule has 2 aliphatic rings. The smallest absolute Gasteiger partial charge is 0.501 e. The number of aromatic carboxylic acids is 1. The summed E-state index contributed by atoms with van der Waals surface area (Å²) >= 11 is 6.06. The molecular weight excluding hydrogens is 595 g/mol. The Bertz CT molecular complexity index is 1570. The van der Waals surface area contributed by atoms with Gasteiger partial charge in [0, 0.05) is 28.6 Å². The minimum absolute atomic E-state index is 0. The maximum absolute atomic E-state index is 12.5. The Kier molecular flexibility index (Phi) is 7.15. The van der Waals surface area contributed by atoms with Crippen LogP contribution < -0.4 is 35.0 Å². The number of benzene rings is 3. The van der Waals surface area contributed by atoms with Crippen molar-refractivity contribution in [2.75, 3.05) is 0 Å². The van der Waals surface area contributed by atoms with Gasteiger partial charge in [-0.15, -0.1) is 0 Å². The quantitative estimate of drug-likeness (QED) is 0.154. The molecule has 2 aromatic carbocycles. The molecule has 11 nitrogen and oxygen atoms in total. The second-order valence-corrected chi connectivity index (χ2v) is 8.28. The zero-order valence-corrected chi connectivity index (χ0v) is 22.0. The molecule has 166 valence electrons. The summed E-state index contributed by atoms with van der Waals surface area (Å²) in [5, 5.41) is 42.9. The third-order valence-corrected chi connectivity index (χ3v) is 6.35. The molecule has 0 atom stereocenters. The average molecular weight is 603 g/mol. The van der Waals surface area contributed by atoms with Crippen LogP contribution >= 0.6 is 31.9 Å². The zero-order chi connectivity index (χ0) is 24.2. The zero-order valence-electron chi connectivity index (χ0n) is 16.9. The summed E-state index contributed by atoms with van der Waals surface area (Å²) in [6.07, 6.45) is 0. The van der Waals surface area contributed by atoms with Gasteiger partial charge in [0.05, 0.1) is 15.4 Å². The van der Waals surface area contributed by atoms with Gasteiger partial charge in [0.25, 0.3) is 5.43 Å². The number of carboxylic acid groups (broad SMARTS) is 1. The second-order valence-electron chi connectivity index (χ2n) is 6.69. The minimum atomic E-state index is -1.32. The summed E-state index contributed by atoms with van der Waals surface area (Å²) in [6, 6.07) is 7.56. The summed E-state index contributed by atoms with van der Waals surface area (Å²) in [7, 11) is 0. The van der Waals surface area contributed by atoms with E-state index in [1.165, 1.54) is 24.3 Å². The molecule has 1 aliphatic carbocycles. The van der Waals surface area contributed by atoms with Crippen LogP contribution in [0.4, 0.5) is 11.4 Å². The van der Waals surface area contributed by atoms with Crippen molar-refractivity contribution in [3.05, 3.63) is 81.4 Å². The van der Waals surface area contributed by atoms with Crippen LogP contribution in [0.5, 0.6) is 5.75 Å². The van der Waals surface area contributed by atoms with E-state index in [-0.39, 0.29) is 77.5 Å². The van der Waals surface area contributed by atoms with Gasteiger partial charge in [0.1, 0.15) is 8.95 Å². The van der Waals surface area contributed by atoms with E-state index in [1.807, 2.05) is 0 Å². The monoisotopic (exact) mass is 601 g/mol. The second kappa shape index (κ2) is 9.43. The molecule has 14 heteroatoms. The van der Waals surface area contributed by atoms with E-state index in [1.54, 1.807) is 0 Å². The summed E-state index contributed by atoms with van der Waals surface area (Å²) < 4.78 is 5.22. The van der Waals surface area contributed by atoms with Gasteiger partial charge in [-0.25, -0.2) is 4.79 Å². The van der Waals surface area contributed by atoms with E-state index >= 15 is 0 Å². The van der Waals surface area contributed by atoms with E-state index in [0.717, 1.165) is 12.1 Å². The predicted molar refractivity (Wildman–Crippen MR) is 122 cm³/mol. The number of phenols is 1. The molecule has 2 N–H and O–H groups in total. The normalized spacial score (nSPS) is 10.8. The van der Waals surface area contributed by atoms with E-state index < -0.39 is 38.4 Å². The topological polar surface area (TPSA) is 174 Å². The summed E-state index contributed by atoms with van der Waals surface area (Å²) in [5.41, 5.74) is -2.83. The van der Waals surface area contributed by atoms with E-state index in [4.69, 9.17) is 4.42 Å². The van der Waals surface area contributed by atoms with Crippen LogP contribution in [0, 0.1) is 20.2 Å². The molecule has 0 saturated carbocycles. The van der Waals surface area contributed by atoms with Crippen molar-refractivity contribution < 1.29 is 58.8 Å². The fraction of sp³-hybridized carbons (Fsp3) is 0. The number of rotatable bonds is 4. The van der Waals surface area contributed by atoms with Crippen molar-refractivity contribution in [2.45, 2.75) is 0 Å².